The molecule has 6 N–H and O–H groups in total. The molecule has 0 spiro atoms. The monoisotopic (exact) mass is 760 g/mol. The Balaban J connectivity index is 2.02. The Bertz CT molecular complexity index is 1690. The highest BCUT2D eigenvalue weighted by Gasteiger charge is 2.38. The lowest BCUT2D eigenvalue weighted by Gasteiger charge is -2.41. The standard InChI is InChI=1S/C38H54F2N6O6S/c1-38(2,3)35(32-20-27(29-21-28(39)12-13-30(29)40)24-45(32)23-26-10-8-7-9-11-26)46(34(49)25-47)17-14-31(36(50)43-16-15-42-33(48)22-41)44-37(51)52-18-19-53(4,5)6/h7-13,20-21,24,31,35,47H,14-19,22-23,25,41H2,1-6H3,(H,42,48)(H,43,50)(H,44,51)/t31-,35-/m0/s1. The molecule has 15 heteroatoms. The first-order valence-electron chi connectivity index (χ1n) is 17.4. The van der Waals surface area contributed by atoms with Crippen molar-refractivity contribution in [1.29, 1.82) is 0 Å². The number of ether oxygens (including phenoxy) is 1. The lowest BCUT2D eigenvalue weighted by atomic mass is 9.82. The first kappa shape index (κ1) is 42.9. The van der Waals surface area contributed by atoms with Crippen LogP contribution in [0.3, 0.4) is 0 Å². The molecule has 3 rings (SSSR count). The lowest BCUT2D eigenvalue weighted by molar-refractivity contribution is -0.140. The van der Waals surface area contributed by atoms with Crippen molar-refractivity contribution < 1.29 is 37.8 Å². The number of nitrogens with one attached hydrogen (secondary N) is 3. The van der Waals surface area contributed by atoms with Crippen LogP contribution >= 0.6 is 10.0 Å². The van der Waals surface area contributed by atoms with Crippen LogP contribution in [0.5, 0.6) is 0 Å². The van der Waals surface area contributed by atoms with E-state index in [0.29, 0.717) is 23.6 Å². The third-order valence-electron chi connectivity index (χ3n) is 8.36. The normalized spacial score (nSPS) is 13.1. The molecule has 2 atom stereocenters. The summed E-state index contributed by atoms with van der Waals surface area (Å²) in [5, 5.41) is 18.1. The summed E-state index contributed by atoms with van der Waals surface area (Å²) in [7, 11) is -0.954. The number of hydrogen-bond acceptors (Lipinski definition) is 7. The summed E-state index contributed by atoms with van der Waals surface area (Å²) in [4.78, 5) is 53.0. The molecule has 0 saturated heterocycles. The van der Waals surface area contributed by atoms with Crippen LogP contribution in [-0.2, 0) is 25.7 Å². The van der Waals surface area contributed by atoms with Gasteiger partial charge in [-0.2, -0.15) is 0 Å². The Morgan fingerprint density at radius 2 is 1.68 bits per heavy atom. The Morgan fingerprint density at radius 3 is 2.30 bits per heavy atom. The van der Waals surface area contributed by atoms with Crippen molar-refractivity contribution in [2.75, 3.05) is 63.9 Å². The van der Waals surface area contributed by atoms with E-state index in [1.165, 1.54) is 4.90 Å². The molecule has 0 unspecified atom stereocenters. The zero-order valence-corrected chi connectivity index (χ0v) is 32.2. The lowest BCUT2D eigenvalue weighted by Crippen LogP contribution is -2.51. The Labute approximate surface area is 312 Å². The number of nitrogens with two attached hydrogens (primary N) is 1. The van der Waals surface area contributed by atoms with Gasteiger partial charge in [-0.25, -0.2) is 23.6 Å². The van der Waals surface area contributed by atoms with E-state index in [1.807, 2.05) is 55.7 Å². The van der Waals surface area contributed by atoms with Gasteiger partial charge in [-0.05, 0) is 60.4 Å². The molecule has 0 bridgehead atoms. The number of amides is 4. The predicted octanol–water partition coefficient (Wildman–Crippen LogP) is 3.76. The minimum absolute atomic E-state index is 0.0425. The summed E-state index contributed by atoms with van der Waals surface area (Å²) in [6, 6.07) is 12.5. The van der Waals surface area contributed by atoms with Gasteiger partial charge in [0.05, 0.1) is 12.6 Å². The molecule has 0 fully saturated rings. The van der Waals surface area contributed by atoms with E-state index in [2.05, 4.69) is 34.7 Å². The number of benzene rings is 2. The van der Waals surface area contributed by atoms with Gasteiger partial charge in [-0.1, -0.05) is 51.1 Å². The SMILES string of the molecule is CC(C)(C)[C@H](c1cc(-c2cc(F)ccc2F)cn1Cc1ccccc1)N(CC[C@H](NC(=O)OCCS(C)(C)C)C(=O)NCCNC(=O)CN)C(=O)CO. The molecule has 0 saturated carbocycles. The Kier molecular flexibility index (Phi) is 15.8. The smallest absolute Gasteiger partial charge is 0.407 e. The quantitative estimate of drug-likeness (QED) is 0.123. The highest BCUT2D eigenvalue weighted by atomic mass is 32.3. The van der Waals surface area contributed by atoms with E-state index in [-0.39, 0.29) is 44.8 Å². The molecule has 0 radical (unpaired) electrons. The van der Waals surface area contributed by atoms with Crippen molar-refractivity contribution in [2.45, 2.75) is 45.8 Å². The third kappa shape index (κ3) is 13.5. The molecule has 4 amide bonds. The summed E-state index contributed by atoms with van der Waals surface area (Å²) < 4.78 is 36.7. The fourth-order valence-electron chi connectivity index (χ4n) is 5.79. The van der Waals surface area contributed by atoms with Gasteiger partial charge >= 0.3 is 6.09 Å². The van der Waals surface area contributed by atoms with Crippen LogP contribution in [0.1, 0.15) is 44.5 Å². The topological polar surface area (TPSA) is 168 Å². The van der Waals surface area contributed by atoms with E-state index < -0.39 is 69.6 Å². The Hall–Kier alpha value is -4.47. The summed E-state index contributed by atoms with van der Waals surface area (Å²) >= 11 is 0. The van der Waals surface area contributed by atoms with Gasteiger partial charge in [0.25, 0.3) is 0 Å². The fraction of sp³-hybridized carbons (Fsp3) is 0.474. The van der Waals surface area contributed by atoms with Gasteiger partial charge in [0.15, 0.2) is 0 Å². The second kappa shape index (κ2) is 19.6. The molecule has 53 heavy (non-hydrogen) atoms. The number of nitrogens with zero attached hydrogens (tertiary/aromatic N) is 2. The number of halogens is 2. The Morgan fingerprint density at radius 1 is 1.00 bits per heavy atom. The predicted molar refractivity (Wildman–Crippen MR) is 205 cm³/mol. The van der Waals surface area contributed by atoms with Crippen LogP contribution in [0.2, 0.25) is 0 Å². The third-order valence-corrected chi connectivity index (χ3v) is 9.75. The van der Waals surface area contributed by atoms with Crippen LogP contribution in [-0.4, -0.2) is 108 Å². The molecule has 3 aromatic rings. The maximum Gasteiger partial charge on any atom is 0.407 e. The fourth-order valence-corrected chi connectivity index (χ4v) is 6.37. The second-order valence-corrected chi connectivity index (χ2v) is 19.3. The van der Waals surface area contributed by atoms with Gasteiger partial charge in [0.1, 0.15) is 30.9 Å². The minimum Gasteiger partial charge on any atom is -0.449 e. The highest BCUT2D eigenvalue weighted by Crippen LogP contribution is 2.41. The van der Waals surface area contributed by atoms with E-state index in [4.69, 9.17) is 10.5 Å². The number of alkyl carbamates (subject to hydrolysis) is 1. The molecular formula is C38H54F2N6O6S. The maximum atomic E-state index is 15.1. The molecule has 292 valence electrons. The van der Waals surface area contributed by atoms with Crippen molar-refractivity contribution in [1.82, 2.24) is 25.4 Å². The molecule has 0 aliphatic heterocycles. The maximum absolute atomic E-state index is 15.1. The summed E-state index contributed by atoms with van der Waals surface area (Å²) in [6.07, 6.45) is 7.07. The summed E-state index contributed by atoms with van der Waals surface area (Å²) in [6.45, 7) is 5.18. The van der Waals surface area contributed by atoms with Gasteiger partial charge in [0.2, 0.25) is 17.7 Å². The zero-order chi connectivity index (χ0) is 39.3. The molecule has 0 aliphatic rings. The number of rotatable bonds is 18. The number of aliphatic hydroxyl groups excluding tert-OH is 1. The average Bonchev–Trinajstić information content (AvgIpc) is 3.49. The minimum atomic E-state index is -1.17. The van der Waals surface area contributed by atoms with Crippen molar-refractivity contribution in [3.8, 4) is 11.1 Å². The number of carbonyl (C=O) groups excluding carboxylic acids is 4. The first-order valence-corrected chi connectivity index (χ1v) is 20.4. The number of aromatic nitrogens is 1. The van der Waals surface area contributed by atoms with Crippen molar-refractivity contribution in [2.24, 2.45) is 11.1 Å². The highest BCUT2D eigenvalue weighted by molar-refractivity contribution is 8.32. The van der Waals surface area contributed by atoms with Gasteiger partial charge in [-0.15, -0.1) is 0 Å². The van der Waals surface area contributed by atoms with Crippen LogP contribution in [0, 0.1) is 17.0 Å². The van der Waals surface area contributed by atoms with E-state index in [1.54, 1.807) is 12.3 Å². The van der Waals surface area contributed by atoms with E-state index in [9.17, 15) is 28.7 Å². The van der Waals surface area contributed by atoms with E-state index in [0.717, 1.165) is 23.8 Å². The van der Waals surface area contributed by atoms with Crippen molar-refractivity contribution >= 4 is 33.8 Å². The summed E-state index contributed by atoms with van der Waals surface area (Å²) in [5.41, 5.74) is 6.56. The molecule has 1 heterocycles. The average molecular weight is 761 g/mol. The van der Waals surface area contributed by atoms with Crippen molar-refractivity contribution in [3.05, 3.63) is 83.7 Å². The zero-order valence-electron chi connectivity index (χ0n) is 31.4. The molecule has 1 aromatic heterocycles. The molecule has 12 nitrogen and oxygen atoms in total. The van der Waals surface area contributed by atoms with Crippen molar-refractivity contribution in [3.63, 3.8) is 0 Å². The molecule has 0 aliphatic carbocycles. The van der Waals surface area contributed by atoms with Gasteiger partial charge in [0, 0.05) is 54.9 Å². The number of hydrogen-bond donors (Lipinski definition) is 5. The van der Waals surface area contributed by atoms with Crippen LogP contribution < -0.4 is 21.7 Å². The largest absolute Gasteiger partial charge is 0.449 e. The molecule has 2 aromatic carbocycles. The summed E-state index contributed by atoms with van der Waals surface area (Å²) in [5.74, 6) is -2.19. The number of aliphatic hydroxyl groups is 1. The second-order valence-electron chi connectivity index (χ2n) is 14.7. The molecular weight excluding hydrogens is 707 g/mol. The first-order chi connectivity index (χ1) is 24.9. The van der Waals surface area contributed by atoms with Crippen LogP contribution in [0.25, 0.3) is 11.1 Å². The van der Waals surface area contributed by atoms with Gasteiger partial charge in [-0.3, -0.25) is 14.4 Å². The van der Waals surface area contributed by atoms with Crippen LogP contribution in [0.15, 0.2) is 60.8 Å². The van der Waals surface area contributed by atoms with Crippen LogP contribution in [0.4, 0.5) is 13.6 Å². The van der Waals surface area contributed by atoms with E-state index >= 15 is 4.39 Å². The van der Waals surface area contributed by atoms with Gasteiger partial charge < -0.3 is 41.0 Å². The number of carbonyl (C=O) groups is 4.